The molecular weight excluding hydrogens is 231 g/mol. The topological polar surface area (TPSA) is 32.3 Å². The summed E-state index contributed by atoms with van der Waals surface area (Å²) < 4.78 is 37.0. The quantitative estimate of drug-likeness (QED) is 0.833. The summed E-state index contributed by atoms with van der Waals surface area (Å²) in [6.07, 6.45) is -4.09. The van der Waals surface area contributed by atoms with Gasteiger partial charge < -0.3 is 10.4 Å². The van der Waals surface area contributed by atoms with Gasteiger partial charge in [0.1, 0.15) is 0 Å². The molecule has 1 heterocycles. The van der Waals surface area contributed by atoms with Gasteiger partial charge in [0.25, 0.3) is 0 Å². The Bertz CT molecular complexity index is 374. The molecule has 1 aromatic rings. The average Bonchev–Trinajstić information content (AvgIpc) is 2.64. The molecule has 2 N–H and O–H groups in total. The van der Waals surface area contributed by atoms with E-state index < -0.39 is 17.8 Å². The minimum Gasteiger partial charge on any atom is -0.391 e. The number of aliphatic hydroxyl groups is 1. The van der Waals surface area contributed by atoms with E-state index in [0.717, 1.165) is 17.7 Å². The average molecular weight is 245 g/mol. The minimum atomic E-state index is -4.28. The van der Waals surface area contributed by atoms with Crippen LogP contribution in [-0.4, -0.2) is 24.3 Å². The predicted molar refractivity (Wildman–Crippen MR) is 57.5 cm³/mol. The van der Waals surface area contributed by atoms with Crippen LogP contribution in [0.3, 0.4) is 0 Å². The molecule has 0 aromatic heterocycles. The molecule has 2 atom stereocenters. The van der Waals surface area contributed by atoms with Crippen molar-refractivity contribution >= 4 is 0 Å². The lowest BCUT2D eigenvalue weighted by molar-refractivity contribution is -0.137. The van der Waals surface area contributed by atoms with E-state index in [4.69, 9.17) is 0 Å². The van der Waals surface area contributed by atoms with E-state index in [-0.39, 0.29) is 5.92 Å². The Hall–Kier alpha value is -1.07. The van der Waals surface area contributed by atoms with Crippen molar-refractivity contribution < 1.29 is 18.3 Å². The number of aliphatic hydroxyl groups excluding tert-OH is 1. The van der Waals surface area contributed by atoms with E-state index in [1.165, 1.54) is 12.1 Å². The summed E-state index contributed by atoms with van der Waals surface area (Å²) in [5.41, 5.74) is 0.192. The van der Waals surface area contributed by atoms with Crippen LogP contribution in [0.15, 0.2) is 24.3 Å². The Kier molecular flexibility index (Phi) is 3.40. The van der Waals surface area contributed by atoms with Crippen molar-refractivity contribution in [2.24, 2.45) is 5.92 Å². The summed E-state index contributed by atoms with van der Waals surface area (Å²) in [5.74, 6) is 0.0896. The first-order chi connectivity index (χ1) is 7.97. The van der Waals surface area contributed by atoms with Crippen molar-refractivity contribution in [1.29, 1.82) is 0 Å². The van der Waals surface area contributed by atoms with Gasteiger partial charge >= 0.3 is 6.18 Å². The number of halogens is 3. The van der Waals surface area contributed by atoms with Crippen molar-refractivity contribution in [3.05, 3.63) is 35.4 Å². The molecule has 0 spiro atoms. The van der Waals surface area contributed by atoms with Crippen LogP contribution in [0.25, 0.3) is 0 Å². The van der Waals surface area contributed by atoms with Gasteiger partial charge in [-0.1, -0.05) is 12.1 Å². The van der Waals surface area contributed by atoms with Gasteiger partial charge in [0.2, 0.25) is 0 Å². The fraction of sp³-hybridized carbons (Fsp3) is 0.500. The largest absolute Gasteiger partial charge is 0.416 e. The van der Waals surface area contributed by atoms with E-state index in [1.807, 2.05) is 0 Å². The Balaban J connectivity index is 2.03. The molecule has 0 bridgehead atoms. The van der Waals surface area contributed by atoms with E-state index in [0.29, 0.717) is 19.5 Å². The van der Waals surface area contributed by atoms with Crippen LogP contribution >= 0.6 is 0 Å². The van der Waals surface area contributed by atoms with Crippen LogP contribution in [0, 0.1) is 5.92 Å². The highest BCUT2D eigenvalue weighted by Gasteiger charge is 2.30. The summed E-state index contributed by atoms with van der Waals surface area (Å²) >= 11 is 0. The third-order valence-corrected chi connectivity index (χ3v) is 3.08. The van der Waals surface area contributed by atoms with Gasteiger partial charge in [-0.05, 0) is 24.1 Å². The number of alkyl halides is 3. The van der Waals surface area contributed by atoms with E-state index in [9.17, 15) is 18.3 Å². The lowest BCUT2D eigenvalue weighted by Crippen LogP contribution is -2.20. The Morgan fingerprint density at radius 1 is 1.18 bits per heavy atom. The summed E-state index contributed by atoms with van der Waals surface area (Å²) in [7, 11) is 0. The van der Waals surface area contributed by atoms with E-state index in [1.54, 1.807) is 0 Å². The number of benzene rings is 1. The molecule has 0 radical (unpaired) electrons. The molecular formula is C12H14F3NO. The fourth-order valence-corrected chi connectivity index (χ4v) is 2.06. The van der Waals surface area contributed by atoms with Crippen LogP contribution in [0.1, 0.15) is 11.1 Å². The molecule has 17 heavy (non-hydrogen) atoms. The number of rotatable bonds is 2. The zero-order valence-electron chi connectivity index (χ0n) is 9.17. The fourth-order valence-electron chi connectivity index (χ4n) is 2.06. The second kappa shape index (κ2) is 4.66. The predicted octanol–water partition coefficient (Wildman–Crippen LogP) is 1.83. The molecule has 1 aromatic carbocycles. The van der Waals surface area contributed by atoms with E-state index in [2.05, 4.69) is 5.32 Å². The molecule has 0 amide bonds. The summed E-state index contributed by atoms with van der Waals surface area (Å²) in [6, 6.07) is 5.13. The lowest BCUT2D eigenvalue weighted by atomic mass is 9.96. The Morgan fingerprint density at radius 2 is 1.82 bits per heavy atom. The van der Waals surface area contributed by atoms with Crippen molar-refractivity contribution in [3.8, 4) is 0 Å². The van der Waals surface area contributed by atoms with Gasteiger partial charge in [-0.15, -0.1) is 0 Å². The second-order valence-corrected chi connectivity index (χ2v) is 4.38. The van der Waals surface area contributed by atoms with Gasteiger partial charge in [-0.25, -0.2) is 0 Å². The molecule has 0 saturated carbocycles. The molecule has 2 rings (SSSR count). The normalized spacial score (nSPS) is 25.2. The monoisotopic (exact) mass is 245 g/mol. The maximum absolute atomic E-state index is 12.3. The Morgan fingerprint density at radius 3 is 2.29 bits per heavy atom. The summed E-state index contributed by atoms with van der Waals surface area (Å²) in [4.78, 5) is 0. The molecule has 94 valence electrons. The zero-order valence-corrected chi connectivity index (χ0v) is 9.17. The van der Waals surface area contributed by atoms with Gasteiger partial charge in [0, 0.05) is 19.0 Å². The van der Waals surface area contributed by atoms with Crippen LogP contribution in [0.2, 0.25) is 0 Å². The van der Waals surface area contributed by atoms with Gasteiger partial charge in [-0.2, -0.15) is 13.2 Å². The SMILES string of the molecule is OC1CNCC1Cc1ccc(C(F)(F)F)cc1. The smallest absolute Gasteiger partial charge is 0.391 e. The van der Waals surface area contributed by atoms with Gasteiger partial charge in [-0.3, -0.25) is 0 Å². The van der Waals surface area contributed by atoms with Crippen molar-refractivity contribution in [2.45, 2.75) is 18.7 Å². The van der Waals surface area contributed by atoms with Crippen molar-refractivity contribution in [3.63, 3.8) is 0 Å². The van der Waals surface area contributed by atoms with Gasteiger partial charge in [0.05, 0.1) is 11.7 Å². The number of β-amino-alcohol motifs (C(OH)–C–C–N with tert-alkyl or cyclic N) is 1. The maximum atomic E-state index is 12.3. The van der Waals surface area contributed by atoms with Crippen LogP contribution < -0.4 is 5.32 Å². The molecule has 5 heteroatoms. The number of nitrogens with one attached hydrogen (secondary N) is 1. The molecule has 0 aliphatic carbocycles. The molecule has 1 aliphatic rings. The molecule has 1 saturated heterocycles. The first kappa shape index (κ1) is 12.4. The second-order valence-electron chi connectivity index (χ2n) is 4.38. The third-order valence-electron chi connectivity index (χ3n) is 3.08. The highest BCUT2D eigenvalue weighted by molar-refractivity contribution is 5.25. The molecule has 1 aliphatic heterocycles. The molecule has 2 nitrogen and oxygen atoms in total. The minimum absolute atomic E-state index is 0.0896. The number of hydrogen-bond acceptors (Lipinski definition) is 2. The van der Waals surface area contributed by atoms with Crippen molar-refractivity contribution in [1.82, 2.24) is 5.32 Å². The van der Waals surface area contributed by atoms with Gasteiger partial charge in [0.15, 0.2) is 0 Å². The standard InChI is InChI=1S/C12H14F3NO/c13-12(14,15)10-3-1-8(2-4-10)5-9-6-16-7-11(9)17/h1-4,9,11,16-17H,5-7H2. The Labute approximate surface area is 97.5 Å². The lowest BCUT2D eigenvalue weighted by Gasteiger charge is -2.13. The molecule has 2 unspecified atom stereocenters. The highest BCUT2D eigenvalue weighted by Crippen LogP contribution is 2.29. The van der Waals surface area contributed by atoms with Crippen LogP contribution in [-0.2, 0) is 12.6 Å². The first-order valence-electron chi connectivity index (χ1n) is 5.52. The highest BCUT2D eigenvalue weighted by atomic mass is 19.4. The zero-order chi connectivity index (χ0) is 12.5. The summed E-state index contributed by atoms with van der Waals surface area (Å²) in [6.45, 7) is 1.27. The third kappa shape index (κ3) is 2.98. The first-order valence-corrected chi connectivity index (χ1v) is 5.52. The maximum Gasteiger partial charge on any atom is 0.416 e. The number of hydrogen-bond donors (Lipinski definition) is 2. The van der Waals surface area contributed by atoms with E-state index >= 15 is 0 Å². The van der Waals surface area contributed by atoms with Crippen LogP contribution in [0.5, 0.6) is 0 Å². The summed E-state index contributed by atoms with van der Waals surface area (Å²) in [5, 5.41) is 12.6. The van der Waals surface area contributed by atoms with Crippen molar-refractivity contribution in [2.75, 3.05) is 13.1 Å². The van der Waals surface area contributed by atoms with Crippen LogP contribution in [0.4, 0.5) is 13.2 Å². The molecule has 1 fully saturated rings.